The van der Waals surface area contributed by atoms with Crippen LogP contribution in [0.15, 0.2) is 18.7 Å². The van der Waals surface area contributed by atoms with E-state index >= 15 is 0 Å². The predicted octanol–water partition coefficient (Wildman–Crippen LogP) is 2.86. The number of nitrogens with zero attached hydrogens (tertiary/aromatic N) is 2. The van der Waals surface area contributed by atoms with Crippen molar-refractivity contribution in [1.29, 1.82) is 0 Å². The molecule has 4 heteroatoms. The first-order valence-corrected chi connectivity index (χ1v) is 7.05. The topological polar surface area (TPSA) is 17.8 Å². The Morgan fingerprint density at radius 3 is 2.79 bits per heavy atom. The van der Waals surface area contributed by atoms with Crippen molar-refractivity contribution in [3.05, 3.63) is 18.7 Å². The molecule has 1 aliphatic heterocycles. The molecule has 1 aliphatic rings. The molecule has 2 heterocycles. The normalized spacial score (nSPS) is 20.9. The molecule has 0 N–H and O–H groups in total. The Kier molecular flexibility index (Phi) is 3.44. The lowest BCUT2D eigenvalue weighted by Gasteiger charge is -2.35. The number of thioether (sulfide) groups is 2. The zero-order valence-electron chi connectivity index (χ0n) is 8.48. The molecule has 0 saturated carbocycles. The van der Waals surface area contributed by atoms with Gasteiger partial charge in [0, 0.05) is 18.9 Å². The minimum Gasteiger partial charge on any atom is -0.335 e. The number of rotatable bonds is 3. The van der Waals surface area contributed by atoms with E-state index in [0.29, 0.717) is 4.08 Å². The summed E-state index contributed by atoms with van der Waals surface area (Å²) in [5.41, 5.74) is 0. The summed E-state index contributed by atoms with van der Waals surface area (Å²) in [7, 11) is 0. The van der Waals surface area contributed by atoms with Gasteiger partial charge in [-0.25, -0.2) is 4.98 Å². The minimum atomic E-state index is 0.402. The van der Waals surface area contributed by atoms with Crippen molar-refractivity contribution in [2.45, 2.75) is 30.4 Å². The van der Waals surface area contributed by atoms with Crippen LogP contribution >= 0.6 is 23.5 Å². The molecule has 0 unspecified atom stereocenters. The van der Waals surface area contributed by atoms with Crippen LogP contribution in [-0.2, 0) is 6.54 Å². The summed E-state index contributed by atoms with van der Waals surface area (Å²) in [6.45, 7) is 3.39. The number of imidazole rings is 1. The highest BCUT2D eigenvalue weighted by molar-refractivity contribution is 8.18. The average molecular weight is 228 g/mol. The van der Waals surface area contributed by atoms with Crippen molar-refractivity contribution in [3.63, 3.8) is 0 Å². The van der Waals surface area contributed by atoms with Gasteiger partial charge in [0.2, 0.25) is 0 Å². The third-order valence-corrected chi connectivity index (χ3v) is 6.12. The fourth-order valence-electron chi connectivity index (χ4n) is 1.68. The van der Waals surface area contributed by atoms with Gasteiger partial charge in [0.05, 0.1) is 10.4 Å². The Hall–Kier alpha value is -0.0900. The van der Waals surface area contributed by atoms with Crippen molar-refractivity contribution in [2.75, 3.05) is 11.5 Å². The van der Waals surface area contributed by atoms with E-state index in [9.17, 15) is 0 Å². The molecule has 1 aromatic rings. The standard InChI is InChI=1S/C10H16N2S2/c1-2-10(13-6-3-7-14-10)8-12-5-4-11-9-12/h4-5,9H,2-3,6-8H2,1H3. The molecule has 1 saturated heterocycles. The number of hydrogen-bond donors (Lipinski definition) is 0. The summed E-state index contributed by atoms with van der Waals surface area (Å²) in [5, 5.41) is 0. The molecule has 0 aromatic carbocycles. The van der Waals surface area contributed by atoms with Gasteiger partial charge in [0.25, 0.3) is 0 Å². The first-order valence-electron chi connectivity index (χ1n) is 5.08. The highest BCUT2D eigenvalue weighted by Crippen LogP contribution is 2.45. The molecule has 0 radical (unpaired) electrons. The summed E-state index contributed by atoms with van der Waals surface area (Å²) in [5.74, 6) is 2.63. The van der Waals surface area contributed by atoms with Crippen molar-refractivity contribution in [2.24, 2.45) is 0 Å². The van der Waals surface area contributed by atoms with Crippen molar-refractivity contribution in [3.8, 4) is 0 Å². The van der Waals surface area contributed by atoms with E-state index in [1.807, 2.05) is 12.5 Å². The third kappa shape index (κ3) is 2.28. The molecule has 2 rings (SSSR count). The Labute approximate surface area is 93.9 Å². The van der Waals surface area contributed by atoms with Crippen molar-refractivity contribution < 1.29 is 0 Å². The first-order chi connectivity index (χ1) is 6.85. The van der Waals surface area contributed by atoms with Gasteiger partial charge in [-0.3, -0.25) is 0 Å². The van der Waals surface area contributed by atoms with Gasteiger partial charge in [-0.2, -0.15) is 0 Å². The van der Waals surface area contributed by atoms with Gasteiger partial charge in [-0.05, 0) is 24.3 Å². The molecule has 0 atom stereocenters. The summed E-state index contributed by atoms with van der Waals surface area (Å²) >= 11 is 4.25. The maximum Gasteiger partial charge on any atom is 0.0946 e. The van der Waals surface area contributed by atoms with Gasteiger partial charge in [0.1, 0.15) is 0 Å². The van der Waals surface area contributed by atoms with Crippen LogP contribution in [0.5, 0.6) is 0 Å². The van der Waals surface area contributed by atoms with E-state index in [-0.39, 0.29) is 0 Å². The van der Waals surface area contributed by atoms with E-state index < -0.39 is 0 Å². The van der Waals surface area contributed by atoms with Gasteiger partial charge in [-0.15, -0.1) is 23.5 Å². The molecule has 78 valence electrons. The van der Waals surface area contributed by atoms with E-state index in [1.165, 1.54) is 24.3 Å². The fraction of sp³-hybridized carbons (Fsp3) is 0.700. The van der Waals surface area contributed by atoms with Crippen LogP contribution in [0.25, 0.3) is 0 Å². The van der Waals surface area contributed by atoms with Crippen LogP contribution in [0.1, 0.15) is 19.8 Å². The van der Waals surface area contributed by atoms with Gasteiger partial charge < -0.3 is 4.57 Å². The number of hydrogen-bond acceptors (Lipinski definition) is 3. The molecular formula is C10H16N2S2. The molecule has 2 nitrogen and oxygen atoms in total. The first kappa shape index (κ1) is 10.4. The van der Waals surface area contributed by atoms with Crippen LogP contribution in [0.2, 0.25) is 0 Å². The molecule has 14 heavy (non-hydrogen) atoms. The summed E-state index contributed by atoms with van der Waals surface area (Å²) in [6, 6.07) is 0. The Balaban J connectivity index is 2.04. The predicted molar refractivity (Wildman–Crippen MR) is 64.8 cm³/mol. The summed E-state index contributed by atoms with van der Waals surface area (Å²) < 4.78 is 2.60. The van der Waals surface area contributed by atoms with Gasteiger partial charge in [0.15, 0.2) is 0 Å². The van der Waals surface area contributed by atoms with Crippen molar-refractivity contribution in [1.82, 2.24) is 9.55 Å². The Bertz CT molecular complexity index is 266. The smallest absolute Gasteiger partial charge is 0.0946 e. The van der Waals surface area contributed by atoms with E-state index in [2.05, 4.69) is 46.2 Å². The van der Waals surface area contributed by atoms with Crippen molar-refractivity contribution >= 4 is 23.5 Å². The van der Waals surface area contributed by atoms with E-state index in [0.717, 1.165) is 6.54 Å². The van der Waals surface area contributed by atoms with Gasteiger partial charge in [-0.1, -0.05) is 6.92 Å². The molecular weight excluding hydrogens is 212 g/mol. The Morgan fingerprint density at radius 1 is 1.43 bits per heavy atom. The van der Waals surface area contributed by atoms with Crippen LogP contribution < -0.4 is 0 Å². The second kappa shape index (κ2) is 4.62. The third-order valence-electron chi connectivity index (χ3n) is 2.54. The largest absolute Gasteiger partial charge is 0.335 e. The lowest BCUT2D eigenvalue weighted by Crippen LogP contribution is -2.29. The Morgan fingerprint density at radius 2 is 2.21 bits per heavy atom. The minimum absolute atomic E-state index is 0.402. The molecule has 0 spiro atoms. The summed E-state index contributed by atoms with van der Waals surface area (Å²) in [4.78, 5) is 4.10. The van der Waals surface area contributed by atoms with Crippen LogP contribution in [-0.4, -0.2) is 25.1 Å². The fourth-order valence-corrected chi connectivity index (χ4v) is 4.91. The SMILES string of the molecule is CCC1(Cn2ccnc2)SCCCS1. The lowest BCUT2D eigenvalue weighted by molar-refractivity contribution is 0.608. The monoisotopic (exact) mass is 228 g/mol. The number of aromatic nitrogens is 2. The molecule has 0 amide bonds. The second-order valence-corrected chi connectivity index (χ2v) is 6.76. The highest BCUT2D eigenvalue weighted by Gasteiger charge is 2.31. The second-order valence-electron chi connectivity index (χ2n) is 3.55. The van der Waals surface area contributed by atoms with E-state index in [4.69, 9.17) is 0 Å². The van der Waals surface area contributed by atoms with E-state index in [1.54, 1.807) is 0 Å². The zero-order valence-corrected chi connectivity index (χ0v) is 10.1. The quantitative estimate of drug-likeness (QED) is 0.792. The summed E-state index contributed by atoms with van der Waals surface area (Å²) in [6.07, 6.45) is 8.45. The van der Waals surface area contributed by atoms with Gasteiger partial charge >= 0.3 is 0 Å². The van der Waals surface area contributed by atoms with Crippen LogP contribution in [0, 0.1) is 0 Å². The molecule has 0 bridgehead atoms. The zero-order chi connectivity index (χ0) is 9.86. The molecule has 0 aliphatic carbocycles. The molecule has 1 fully saturated rings. The maximum atomic E-state index is 4.10. The van der Waals surface area contributed by atoms with Crippen LogP contribution in [0.4, 0.5) is 0 Å². The average Bonchev–Trinajstić information content (AvgIpc) is 2.72. The maximum absolute atomic E-state index is 4.10. The molecule has 1 aromatic heterocycles. The highest BCUT2D eigenvalue weighted by atomic mass is 32.2. The van der Waals surface area contributed by atoms with Crippen LogP contribution in [0.3, 0.4) is 0 Å². The lowest BCUT2D eigenvalue weighted by atomic mass is 10.3.